The van der Waals surface area contributed by atoms with Gasteiger partial charge in [-0.15, -0.1) is 15.3 Å². The van der Waals surface area contributed by atoms with Gasteiger partial charge >= 0.3 is 6.18 Å². The van der Waals surface area contributed by atoms with Crippen molar-refractivity contribution < 1.29 is 27.6 Å². The molecule has 0 aliphatic carbocycles. The van der Waals surface area contributed by atoms with E-state index >= 15 is 0 Å². The number of fused-ring (bicyclic) bond motifs is 3. The average Bonchev–Trinajstić information content (AvgIpc) is 3.22. The van der Waals surface area contributed by atoms with Gasteiger partial charge in [0.1, 0.15) is 0 Å². The highest BCUT2D eigenvalue weighted by Crippen LogP contribution is 2.37. The van der Waals surface area contributed by atoms with Gasteiger partial charge in [0.05, 0.1) is 24.7 Å². The van der Waals surface area contributed by atoms with Crippen molar-refractivity contribution in [1.82, 2.24) is 19.8 Å². The van der Waals surface area contributed by atoms with Crippen LogP contribution < -0.4 is 14.8 Å². The molecule has 0 aliphatic heterocycles. The van der Waals surface area contributed by atoms with Crippen molar-refractivity contribution in [2.24, 2.45) is 0 Å². The van der Waals surface area contributed by atoms with Crippen LogP contribution >= 0.6 is 0 Å². The molecule has 0 radical (unpaired) electrons. The van der Waals surface area contributed by atoms with E-state index in [-0.39, 0.29) is 12.1 Å². The zero-order valence-corrected chi connectivity index (χ0v) is 19.6. The minimum absolute atomic E-state index is 0.0625. The van der Waals surface area contributed by atoms with Gasteiger partial charge in [-0.2, -0.15) is 17.7 Å². The molecule has 0 atom stereocenters. The van der Waals surface area contributed by atoms with Gasteiger partial charge in [-0.25, -0.2) is 0 Å². The molecule has 35 heavy (non-hydrogen) atoms. The molecule has 0 fully saturated rings. The van der Waals surface area contributed by atoms with Crippen molar-refractivity contribution in [2.45, 2.75) is 33.5 Å². The molecule has 4 aromatic rings. The summed E-state index contributed by atoms with van der Waals surface area (Å²) in [5.74, 6) is 1.63. The number of hydrogen-bond donors (Lipinski definition) is 1. The number of halogens is 3. The van der Waals surface area contributed by atoms with E-state index in [1.807, 2.05) is 13.8 Å². The minimum Gasteiger partial charge on any atom is -0.493 e. The van der Waals surface area contributed by atoms with Gasteiger partial charge in [0.2, 0.25) is 0 Å². The van der Waals surface area contributed by atoms with Gasteiger partial charge in [0, 0.05) is 29.4 Å². The lowest BCUT2D eigenvalue weighted by molar-refractivity contribution is -0.385. The number of anilines is 1. The summed E-state index contributed by atoms with van der Waals surface area (Å²) in [6.45, 7) is 5.54. The van der Waals surface area contributed by atoms with Crippen molar-refractivity contribution >= 4 is 27.9 Å². The van der Waals surface area contributed by atoms with Crippen LogP contribution in [0.15, 0.2) is 30.3 Å². The lowest BCUT2D eigenvalue weighted by Crippen LogP contribution is -2.10. The van der Waals surface area contributed by atoms with Gasteiger partial charge in [-0.1, -0.05) is 13.8 Å². The molecule has 2 heterocycles. The van der Waals surface area contributed by atoms with Crippen LogP contribution in [0.5, 0.6) is 11.5 Å². The summed E-state index contributed by atoms with van der Waals surface area (Å²) >= 11 is 0. The van der Waals surface area contributed by atoms with Crippen LogP contribution in [-0.4, -0.2) is 39.0 Å². The molecule has 186 valence electrons. The molecule has 10 nitrogen and oxygen atoms in total. The van der Waals surface area contributed by atoms with E-state index in [9.17, 15) is 23.3 Å². The topological polar surface area (TPSA) is 117 Å². The van der Waals surface area contributed by atoms with E-state index in [1.54, 1.807) is 19.1 Å². The molecular weight excluding hydrogens is 469 g/mol. The lowest BCUT2D eigenvalue weighted by Gasteiger charge is -2.14. The first-order chi connectivity index (χ1) is 16.6. The Morgan fingerprint density at radius 1 is 1.03 bits per heavy atom. The molecule has 0 amide bonds. The van der Waals surface area contributed by atoms with E-state index in [0.29, 0.717) is 45.6 Å². The zero-order chi connectivity index (χ0) is 25.9. The number of rotatable bonds is 6. The summed E-state index contributed by atoms with van der Waals surface area (Å²) in [6, 6.07) is 5.79. The van der Waals surface area contributed by atoms with Crippen molar-refractivity contribution in [3.8, 4) is 11.5 Å². The highest BCUT2D eigenvalue weighted by Gasteiger charge is 2.32. The largest absolute Gasteiger partial charge is 0.493 e. The number of hydrogen-bond acceptors (Lipinski definition) is 8. The van der Waals surface area contributed by atoms with Crippen LogP contribution in [0.3, 0.4) is 0 Å². The third-order valence-electron chi connectivity index (χ3n) is 4.99. The Morgan fingerprint density at radius 2 is 1.66 bits per heavy atom. The van der Waals surface area contributed by atoms with Gasteiger partial charge in [0.25, 0.3) is 5.69 Å². The summed E-state index contributed by atoms with van der Waals surface area (Å²) in [5.41, 5.74) is -1.25. The van der Waals surface area contributed by atoms with E-state index in [1.165, 1.54) is 18.7 Å². The second-order valence-electron chi connectivity index (χ2n) is 7.08. The number of alkyl halides is 3. The Bertz CT molecular complexity index is 1390. The highest BCUT2D eigenvalue weighted by atomic mass is 19.4. The molecule has 0 saturated carbocycles. The monoisotopic (exact) mass is 492 g/mol. The third kappa shape index (κ3) is 5.03. The molecule has 1 N–H and O–H groups in total. The maximum Gasteiger partial charge on any atom is 0.416 e. The fraction of sp³-hybridized carbons (Fsp3) is 0.318. The first kappa shape index (κ1) is 25.5. The van der Waals surface area contributed by atoms with Crippen LogP contribution in [0.4, 0.5) is 24.7 Å². The van der Waals surface area contributed by atoms with Crippen LogP contribution in [0.2, 0.25) is 0 Å². The molecule has 0 aliphatic rings. The SMILES string of the molecule is CC.COc1cc2c(NCc3cc([N+](=O)[O-])cc(C(F)(F)F)c3)nn3c(C)nnc3c2cc1OC. The van der Waals surface area contributed by atoms with Gasteiger partial charge < -0.3 is 14.8 Å². The quantitative estimate of drug-likeness (QED) is 0.290. The van der Waals surface area contributed by atoms with Gasteiger partial charge in [-0.05, 0) is 30.7 Å². The van der Waals surface area contributed by atoms with Crippen LogP contribution in [0.25, 0.3) is 16.4 Å². The number of aryl methyl sites for hydroxylation is 1. The van der Waals surface area contributed by atoms with Crippen LogP contribution in [0.1, 0.15) is 30.8 Å². The summed E-state index contributed by atoms with van der Waals surface area (Å²) in [5, 5.41) is 27.9. The van der Waals surface area contributed by atoms with Crippen molar-refractivity contribution in [1.29, 1.82) is 0 Å². The third-order valence-corrected chi connectivity index (χ3v) is 4.99. The first-order valence-electron chi connectivity index (χ1n) is 10.5. The van der Waals surface area contributed by atoms with Gasteiger partial charge in [0.15, 0.2) is 28.8 Å². The van der Waals surface area contributed by atoms with Crippen molar-refractivity contribution in [2.75, 3.05) is 19.5 Å². The number of nitrogens with zero attached hydrogens (tertiary/aromatic N) is 5. The molecule has 2 aromatic carbocycles. The number of nitro groups is 1. The summed E-state index contributed by atoms with van der Waals surface area (Å²) in [7, 11) is 2.95. The Labute approximate surface area is 197 Å². The molecule has 13 heteroatoms. The van der Waals surface area contributed by atoms with E-state index in [2.05, 4.69) is 20.6 Å². The van der Waals surface area contributed by atoms with Crippen LogP contribution in [0, 0.1) is 17.0 Å². The first-order valence-corrected chi connectivity index (χ1v) is 10.5. The Kier molecular flexibility index (Phi) is 7.27. The molecule has 2 aromatic heterocycles. The maximum absolute atomic E-state index is 13.2. The molecular formula is C22H23F3N6O4. The zero-order valence-electron chi connectivity index (χ0n) is 19.6. The number of aromatic nitrogens is 4. The average molecular weight is 492 g/mol. The molecule has 0 bridgehead atoms. The predicted molar refractivity (Wildman–Crippen MR) is 123 cm³/mol. The lowest BCUT2D eigenvalue weighted by atomic mass is 10.1. The fourth-order valence-electron chi connectivity index (χ4n) is 3.42. The van der Waals surface area contributed by atoms with E-state index in [0.717, 1.165) is 12.1 Å². The Morgan fingerprint density at radius 3 is 2.23 bits per heavy atom. The summed E-state index contributed by atoms with van der Waals surface area (Å²) in [4.78, 5) is 10.3. The number of non-ortho nitro benzene ring substituents is 1. The molecule has 4 rings (SSSR count). The Balaban J connectivity index is 0.00000167. The fourth-order valence-corrected chi connectivity index (χ4v) is 3.42. The van der Waals surface area contributed by atoms with Crippen molar-refractivity contribution in [3.05, 3.63) is 57.4 Å². The van der Waals surface area contributed by atoms with Crippen molar-refractivity contribution in [3.63, 3.8) is 0 Å². The number of ether oxygens (including phenoxy) is 2. The number of nitro benzene ring substituents is 1. The second kappa shape index (κ2) is 9.99. The maximum atomic E-state index is 13.2. The molecule has 0 saturated heterocycles. The van der Waals surface area contributed by atoms with Crippen LogP contribution in [-0.2, 0) is 12.7 Å². The van der Waals surface area contributed by atoms with Gasteiger partial charge in [-0.3, -0.25) is 10.1 Å². The highest BCUT2D eigenvalue weighted by molar-refractivity contribution is 6.01. The molecule has 0 unspecified atom stereocenters. The Hall–Kier alpha value is -4.16. The number of nitrogens with one attached hydrogen (secondary N) is 1. The smallest absolute Gasteiger partial charge is 0.416 e. The van der Waals surface area contributed by atoms with E-state index < -0.39 is 22.4 Å². The summed E-state index contributed by atoms with van der Waals surface area (Å²) < 4.78 is 51.9. The predicted octanol–water partition coefficient (Wildman–Crippen LogP) is 5.17. The standard InChI is InChI=1S/C20H17F3N6O4.C2H6/c1-10-25-26-19-15-8-17(33-3)16(32-2)7-14(15)18(27-28(10)19)24-9-11-4-12(20(21,22)23)6-13(5-11)29(30)31;1-2/h4-8H,9H2,1-3H3,(H,24,27);1-2H3. The van der Waals surface area contributed by atoms with E-state index in [4.69, 9.17) is 9.47 Å². The number of methoxy groups -OCH3 is 2. The molecule has 0 spiro atoms. The second-order valence-corrected chi connectivity index (χ2v) is 7.08. The summed E-state index contributed by atoms with van der Waals surface area (Å²) in [6.07, 6.45) is -4.73. The normalized spacial score (nSPS) is 11.2. The minimum atomic E-state index is -4.73. The number of benzene rings is 2.